The second-order valence-corrected chi connectivity index (χ2v) is 9.32. The van der Waals surface area contributed by atoms with Gasteiger partial charge in [0.15, 0.2) is 0 Å². The molecule has 1 amide bonds. The van der Waals surface area contributed by atoms with Gasteiger partial charge in [-0.25, -0.2) is 8.42 Å². The van der Waals surface area contributed by atoms with Crippen LogP contribution in [0.15, 0.2) is 62.8 Å². The normalized spacial score (nSPS) is 11.4. The molecule has 0 spiro atoms. The number of benzene rings is 2. The molecule has 2 N–H and O–H groups in total. The topological polar surface area (TPSA) is 109 Å². The molecule has 158 valence electrons. The zero-order valence-electron chi connectivity index (χ0n) is 16.3. The van der Waals surface area contributed by atoms with Crippen molar-refractivity contribution in [1.29, 1.82) is 0 Å². The first kappa shape index (κ1) is 22.0. The van der Waals surface area contributed by atoms with Crippen LogP contribution in [0.3, 0.4) is 0 Å². The van der Waals surface area contributed by atoms with Crippen molar-refractivity contribution in [1.82, 2.24) is 10.3 Å². The number of anilines is 1. The summed E-state index contributed by atoms with van der Waals surface area (Å²) in [5.41, 5.74) is 0.244. The molecule has 30 heavy (non-hydrogen) atoms. The number of fused-ring (bicyclic) bond motifs is 1. The van der Waals surface area contributed by atoms with E-state index >= 15 is 0 Å². The predicted molar refractivity (Wildman–Crippen MR) is 119 cm³/mol. The van der Waals surface area contributed by atoms with Gasteiger partial charge in [-0.3, -0.25) is 13.9 Å². The summed E-state index contributed by atoms with van der Waals surface area (Å²) in [5, 5.41) is 2.69. The summed E-state index contributed by atoms with van der Waals surface area (Å²) in [5.74, 6) is -0.560. The zero-order valence-corrected chi connectivity index (χ0v) is 18.7. The molecule has 1 aromatic heterocycles. The standard InChI is InChI=1S/C20H20BrN3O5S/c1-24(14-5-3-13(21)4-6-14)30(27,28)15-7-8-18-16(11-15)19(25)17(12-23-18)20(26)22-9-10-29-2/h3-8,11-12H,9-10H2,1-2H3,(H,22,26)(H,23,25). The van der Waals surface area contributed by atoms with Crippen LogP contribution in [0, 0.1) is 0 Å². The van der Waals surface area contributed by atoms with Crippen LogP contribution in [0.1, 0.15) is 10.4 Å². The molecule has 8 nitrogen and oxygen atoms in total. The van der Waals surface area contributed by atoms with Gasteiger partial charge in [-0.15, -0.1) is 0 Å². The summed E-state index contributed by atoms with van der Waals surface area (Å²) < 4.78 is 33.0. The third kappa shape index (κ3) is 4.40. The lowest BCUT2D eigenvalue weighted by atomic mass is 10.1. The lowest BCUT2D eigenvalue weighted by molar-refractivity contribution is 0.0936. The number of ether oxygens (including phenoxy) is 1. The Hall–Kier alpha value is -2.69. The molecular weight excluding hydrogens is 474 g/mol. The smallest absolute Gasteiger partial charge is 0.264 e. The number of nitrogens with zero attached hydrogens (tertiary/aromatic N) is 1. The van der Waals surface area contributed by atoms with Gasteiger partial charge in [-0.05, 0) is 42.5 Å². The number of carbonyl (C=O) groups excluding carboxylic acids is 1. The predicted octanol–water partition coefficient (Wildman–Crippen LogP) is 2.49. The highest BCUT2D eigenvalue weighted by molar-refractivity contribution is 9.10. The van der Waals surface area contributed by atoms with Gasteiger partial charge in [-0.2, -0.15) is 0 Å². The zero-order chi connectivity index (χ0) is 21.9. The molecule has 3 aromatic rings. The molecule has 0 aliphatic rings. The van der Waals surface area contributed by atoms with Crippen molar-refractivity contribution in [2.45, 2.75) is 4.90 Å². The molecule has 0 atom stereocenters. The summed E-state index contributed by atoms with van der Waals surface area (Å²) >= 11 is 3.32. The van der Waals surface area contributed by atoms with Gasteiger partial charge in [0.05, 0.1) is 17.2 Å². The van der Waals surface area contributed by atoms with E-state index in [-0.39, 0.29) is 22.4 Å². The third-order valence-electron chi connectivity index (χ3n) is 4.54. The van der Waals surface area contributed by atoms with Crippen LogP contribution in [-0.2, 0) is 14.8 Å². The molecule has 0 radical (unpaired) electrons. The van der Waals surface area contributed by atoms with Crippen LogP contribution in [-0.4, -0.2) is 46.6 Å². The van der Waals surface area contributed by atoms with Crippen LogP contribution in [0.4, 0.5) is 5.69 Å². The van der Waals surface area contributed by atoms with Gasteiger partial charge in [0, 0.05) is 42.3 Å². The molecule has 3 rings (SSSR count). The SMILES string of the molecule is COCCNC(=O)c1c[nH]c2ccc(S(=O)(=O)N(C)c3ccc(Br)cc3)cc2c1=O. The third-order valence-corrected chi connectivity index (χ3v) is 6.85. The summed E-state index contributed by atoms with van der Waals surface area (Å²) in [6, 6.07) is 11.0. The summed E-state index contributed by atoms with van der Waals surface area (Å²) in [6.07, 6.45) is 1.31. The van der Waals surface area contributed by atoms with Gasteiger partial charge in [0.1, 0.15) is 5.56 Å². The first-order valence-electron chi connectivity index (χ1n) is 8.93. The monoisotopic (exact) mass is 493 g/mol. The maximum atomic E-state index is 13.1. The Morgan fingerprint density at radius 1 is 1.20 bits per heavy atom. The molecular formula is C20H20BrN3O5S. The Balaban J connectivity index is 2.01. The minimum absolute atomic E-state index is 0.0529. The number of rotatable bonds is 7. The average Bonchev–Trinajstić information content (AvgIpc) is 2.74. The maximum absolute atomic E-state index is 13.1. The Morgan fingerprint density at radius 3 is 2.57 bits per heavy atom. The van der Waals surface area contributed by atoms with Gasteiger partial charge in [0.25, 0.3) is 15.9 Å². The number of methoxy groups -OCH3 is 1. The lowest BCUT2D eigenvalue weighted by Crippen LogP contribution is -2.31. The van der Waals surface area contributed by atoms with Gasteiger partial charge < -0.3 is 15.0 Å². The first-order chi connectivity index (χ1) is 14.3. The van der Waals surface area contributed by atoms with Gasteiger partial charge in [0.2, 0.25) is 5.43 Å². The number of H-pyrrole nitrogens is 1. The molecule has 0 saturated carbocycles. The molecule has 0 aliphatic carbocycles. The molecule has 0 bridgehead atoms. The average molecular weight is 494 g/mol. The molecule has 0 unspecified atom stereocenters. The van der Waals surface area contributed by atoms with E-state index in [2.05, 4.69) is 26.2 Å². The fourth-order valence-corrected chi connectivity index (χ4v) is 4.32. The van der Waals surface area contributed by atoms with Crippen molar-refractivity contribution >= 4 is 48.5 Å². The number of pyridine rings is 1. The van der Waals surface area contributed by atoms with Crippen molar-refractivity contribution < 1.29 is 17.9 Å². The number of hydrogen-bond donors (Lipinski definition) is 2. The van der Waals surface area contributed by atoms with E-state index in [1.165, 1.54) is 38.6 Å². The second kappa shape index (κ2) is 8.99. The van der Waals surface area contributed by atoms with Crippen LogP contribution < -0.4 is 15.1 Å². The van der Waals surface area contributed by atoms with Crippen LogP contribution in [0.2, 0.25) is 0 Å². The van der Waals surface area contributed by atoms with E-state index in [1.54, 1.807) is 24.3 Å². The largest absolute Gasteiger partial charge is 0.383 e. The van der Waals surface area contributed by atoms with Crippen molar-refractivity contribution in [3.8, 4) is 0 Å². The van der Waals surface area contributed by atoms with E-state index in [0.717, 1.165) is 8.78 Å². The Kier molecular flexibility index (Phi) is 6.59. The number of amides is 1. The van der Waals surface area contributed by atoms with E-state index in [4.69, 9.17) is 4.74 Å². The van der Waals surface area contributed by atoms with Crippen molar-refractivity contribution in [3.63, 3.8) is 0 Å². The minimum Gasteiger partial charge on any atom is -0.383 e. The fraction of sp³-hybridized carbons (Fsp3) is 0.200. The highest BCUT2D eigenvalue weighted by Crippen LogP contribution is 2.25. The van der Waals surface area contributed by atoms with E-state index in [9.17, 15) is 18.0 Å². The highest BCUT2D eigenvalue weighted by atomic mass is 79.9. The van der Waals surface area contributed by atoms with Gasteiger partial charge >= 0.3 is 0 Å². The van der Waals surface area contributed by atoms with Crippen molar-refractivity contribution in [3.05, 3.63) is 68.9 Å². The Morgan fingerprint density at radius 2 is 1.90 bits per heavy atom. The molecule has 2 aromatic carbocycles. The Bertz CT molecular complexity index is 1240. The van der Waals surface area contributed by atoms with Crippen molar-refractivity contribution in [2.24, 2.45) is 0 Å². The van der Waals surface area contributed by atoms with E-state index in [0.29, 0.717) is 17.8 Å². The summed E-state index contributed by atoms with van der Waals surface area (Å²) in [6.45, 7) is 0.557. The molecule has 0 fully saturated rings. The number of hydrogen-bond acceptors (Lipinski definition) is 5. The van der Waals surface area contributed by atoms with Crippen molar-refractivity contribution in [2.75, 3.05) is 31.6 Å². The van der Waals surface area contributed by atoms with E-state index in [1.807, 2.05) is 0 Å². The first-order valence-corrected chi connectivity index (χ1v) is 11.2. The number of nitrogens with one attached hydrogen (secondary N) is 2. The fourth-order valence-electron chi connectivity index (χ4n) is 2.84. The number of carbonyl (C=O) groups is 1. The summed E-state index contributed by atoms with van der Waals surface area (Å²) in [4.78, 5) is 27.9. The number of aromatic nitrogens is 1. The quantitative estimate of drug-likeness (QED) is 0.491. The summed E-state index contributed by atoms with van der Waals surface area (Å²) in [7, 11) is -0.976. The molecule has 1 heterocycles. The number of halogens is 1. The van der Waals surface area contributed by atoms with Crippen LogP contribution in [0.5, 0.6) is 0 Å². The molecule has 0 aliphatic heterocycles. The van der Waals surface area contributed by atoms with Gasteiger partial charge in [-0.1, -0.05) is 15.9 Å². The maximum Gasteiger partial charge on any atom is 0.264 e. The van der Waals surface area contributed by atoms with Crippen LogP contribution >= 0.6 is 15.9 Å². The highest BCUT2D eigenvalue weighted by Gasteiger charge is 2.23. The minimum atomic E-state index is -3.92. The molecule has 0 saturated heterocycles. The number of aromatic amines is 1. The Labute approximate surface area is 182 Å². The second-order valence-electron chi connectivity index (χ2n) is 6.44. The van der Waals surface area contributed by atoms with E-state index < -0.39 is 21.4 Å². The molecule has 10 heteroatoms. The lowest BCUT2D eigenvalue weighted by Gasteiger charge is -2.19. The number of sulfonamides is 1. The van der Waals surface area contributed by atoms with Crippen LogP contribution in [0.25, 0.3) is 10.9 Å².